The molecule has 14 heavy (non-hydrogen) atoms. The predicted molar refractivity (Wildman–Crippen MR) is 62.8 cm³/mol. The smallest absolute Gasteiger partial charge is 0.104 e. The lowest BCUT2D eigenvalue weighted by molar-refractivity contribution is 1.06. The van der Waals surface area contributed by atoms with Crippen LogP contribution in [0.4, 0.5) is 0 Å². The molecule has 0 bridgehead atoms. The normalized spacial score (nSPS) is 10.6. The molecule has 0 atom stereocenters. The molecule has 1 aromatic carbocycles. The first-order chi connectivity index (χ1) is 6.85. The molecule has 70 valence electrons. The highest BCUT2D eigenvalue weighted by Gasteiger charge is 2.08. The summed E-state index contributed by atoms with van der Waals surface area (Å²) in [4.78, 5) is 4.53. The van der Waals surface area contributed by atoms with E-state index in [1.807, 2.05) is 30.4 Å². The maximum atomic E-state index is 4.53. The SMILES string of the molecule is C=CC(C=C)c1nc2ccccc2s1. The highest BCUT2D eigenvalue weighted by atomic mass is 32.1. The molecule has 0 aliphatic carbocycles. The summed E-state index contributed by atoms with van der Waals surface area (Å²) >= 11 is 1.70. The molecule has 2 heteroatoms. The Kier molecular flexibility index (Phi) is 2.46. The molecule has 0 radical (unpaired) electrons. The first kappa shape index (κ1) is 9.16. The number of allylic oxidation sites excluding steroid dienone is 2. The molecular formula is C12H11NS. The van der Waals surface area contributed by atoms with Gasteiger partial charge in [-0.3, -0.25) is 0 Å². The van der Waals surface area contributed by atoms with Gasteiger partial charge in [-0.25, -0.2) is 4.98 Å². The fraction of sp³-hybridized carbons (Fsp3) is 0.0833. The number of fused-ring (bicyclic) bond motifs is 1. The van der Waals surface area contributed by atoms with Crippen LogP contribution in [-0.2, 0) is 0 Å². The van der Waals surface area contributed by atoms with Crippen molar-refractivity contribution < 1.29 is 0 Å². The van der Waals surface area contributed by atoms with E-state index in [0.29, 0.717) is 0 Å². The Hall–Kier alpha value is -1.41. The second kappa shape index (κ2) is 3.76. The van der Waals surface area contributed by atoms with Gasteiger partial charge in [0.15, 0.2) is 0 Å². The van der Waals surface area contributed by atoms with Crippen molar-refractivity contribution in [2.24, 2.45) is 0 Å². The Balaban J connectivity index is 2.53. The Labute approximate surface area is 87.4 Å². The van der Waals surface area contributed by atoms with Gasteiger partial charge in [0.1, 0.15) is 5.01 Å². The monoisotopic (exact) mass is 201 g/mol. The average Bonchev–Trinajstić information content (AvgIpc) is 2.63. The second-order valence-electron chi connectivity index (χ2n) is 3.02. The molecule has 1 aromatic heterocycles. The number of benzene rings is 1. The second-order valence-corrected chi connectivity index (χ2v) is 4.08. The summed E-state index contributed by atoms with van der Waals surface area (Å²) in [6, 6.07) is 8.14. The highest BCUT2D eigenvalue weighted by Crippen LogP contribution is 2.28. The third kappa shape index (κ3) is 1.49. The van der Waals surface area contributed by atoms with E-state index in [-0.39, 0.29) is 5.92 Å². The van der Waals surface area contributed by atoms with Crippen LogP contribution in [0.3, 0.4) is 0 Å². The molecule has 2 rings (SSSR count). The van der Waals surface area contributed by atoms with Crippen LogP contribution in [0, 0.1) is 0 Å². The van der Waals surface area contributed by atoms with Gasteiger partial charge in [0, 0.05) is 5.92 Å². The zero-order valence-electron chi connectivity index (χ0n) is 7.81. The molecule has 0 fully saturated rings. The first-order valence-electron chi connectivity index (χ1n) is 4.45. The standard InChI is InChI=1S/C12H11NS/c1-3-9(4-2)12-13-10-7-5-6-8-11(10)14-12/h3-9H,1-2H2. The molecule has 1 heterocycles. The van der Waals surface area contributed by atoms with Gasteiger partial charge in [-0.1, -0.05) is 24.3 Å². The number of rotatable bonds is 3. The number of para-hydroxylation sites is 1. The third-order valence-electron chi connectivity index (χ3n) is 2.10. The molecule has 1 nitrogen and oxygen atoms in total. The summed E-state index contributed by atoms with van der Waals surface area (Å²) in [6.45, 7) is 7.55. The summed E-state index contributed by atoms with van der Waals surface area (Å²) in [5.41, 5.74) is 1.06. The van der Waals surface area contributed by atoms with Gasteiger partial charge in [-0.15, -0.1) is 24.5 Å². The molecule has 0 aliphatic heterocycles. The van der Waals surface area contributed by atoms with Gasteiger partial charge in [-0.2, -0.15) is 0 Å². The van der Waals surface area contributed by atoms with Crippen molar-refractivity contribution in [3.8, 4) is 0 Å². The largest absolute Gasteiger partial charge is 0.240 e. The zero-order chi connectivity index (χ0) is 9.97. The van der Waals surface area contributed by atoms with Crippen LogP contribution in [0.2, 0.25) is 0 Å². The van der Waals surface area contributed by atoms with E-state index in [0.717, 1.165) is 10.5 Å². The minimum atomic E-state index is 0.174. The highest BCUT2D eigenvalue weighted by molar-refractivity contribution is 7.18. The molecule has 0 aliphatic rings. The Bertz CT molecular complexity index is 429. The van der Waals surface area contributed by atoms with E-state index in [1.165, 1.54) is 4.70 Å². The van der Waals surface area contributed by atoms with Crippen molar-refractivity contribution in [1.82, 2.24) is 4.98 Å². The Morgan fingerprint density at radius 2 is 1.93 bits per heavy atom. The van der Waals surface area contributed by atoms with E-state index in [1.54, 1.807) is 11.3 Å². The molecule has 2 aromatic rings. The maximum Gasteiger partial charge on any atom is 0.104 e. The van der Waals surface area contributed by atoms with Crippen molar-refractivity contribution >= 4 is 21.6 Å². The lowest BCUT2D eigenvalue weighted by Gasteiger charge is -1.99. The van der Waals surface area contributed by atoms with Crippen molar-refractivity contribution in [1.29, 1.82) is 0 Å². The van der Waals surface area contributed by atoms with Gasteiger partial charge in [0.25, 0.3) is 0 Å². The fourth-order valence-electron chi connectivity index (χ4n) is 1.33. The van der Waals surface area contributed by atoms with Crippen LogP contribution < -0.4 is 0 Å². The minimum absolute atomic E-state index is 0.174. The minimum Gasteiger partial charge on any atom is -0.240 e. The molecule has 0 saturated carbocycles. The van der Waals surface area contributed by atoms with Gasteiger partial charge in [0.2, 0.25) is 0 Å². The van der Waals surface area contributed by atoms with Crippen LogP contribution in [0.25, 0.3) is 10.2 Å². The molecule has 0 amide bonds. The lowest BCUT2D eigenvalue weighted by atomic mass is 10.1. The van der Waals surface area contributed by atoms with Crippen LogP contribution >= 0.6 is 11.3 Å². The lowest BCUT2D eigenvalue weighted by Crippen LogP contribution is -1.87. The summed E-state index contributed by atoms with van der Waals surface area (Å²) in [6.07, 6.45) is 3.73. The summed E-state index contributed by atoms with van der Waals surface area (Å²) < 4.78 is 1.22. The van der Waals surface area contributed by atoms with Gasteiger partial charge in [0.05, 0.1) is 10.2 Å². The summed E-state index contributed by atoms with van der Waals surface area (Å²) in [5, 5.41) is 1.07. The number of hydrogen-bond donors (Lipinski definition) is 0. The van der Waals surface area contributed by atoms with Gasteiger partial charge in [-0.05, 0) is 12.1 Å². The molecule has 0 unspecified atom stereocenters. The van der Waals surface area contributed by atoms with Gasteiger partial charge >= 0.3 is 0 Å². The summed E-state index contributed by atoms with van der Waals surface area (Å²) in [7, 11) is 0. The Morgan fingerprint density at radius 3 is 2.57 bits per heavy atom. The molecule has 0 spiro atoms. The average molecular weight is 201 g/mol. The number of nitrogens with zero attached hydrogens (tertiary/aromatic N) is 1. The van der Waals surface area contributed by atoms with Crippen molar-refractivity contribution in [3.63, 3.8) is 0 Å². The zero-order valence-corrected chi connectivity index (χ0v) is 8.63. The van der Waals surface area contributed by atoms with E-state index in [9.17, 15) is 0 Å². The molecular weight excluding hydrogens is 190 g/mol. The van der Waals surface area contributed by atoms with Crippen LogP contribution in [0.1, 0.15) is 10.9 Å². The van der Waals surface area contributed by atoms with Crippen LogP contribution in [0.5, 0.6) is 0 Å². The fourth-order valence-corrected chi connectivity index (χ4v) is 2.39. The van der Waals surface area contributed by atoms with Crippen LogP contribution in [-0.4, -0.2) is 4.98 Å². The summed E-state index contributed by atoms with van der Waals surface area (Å²) in [5.74, 6) is 0.174. The topological polar surface area (TPSA) is 12.9 Å². The van der Waals surface area contributed by atoms with E-state index in [2.05, 4.69) is 24.2 Å². The number of thiazole rings is 1. The molecule has 0 saturated heterocycles. The number of hydrogen-bond acceptors (Lipinski definition) is 2. The van der Waals surface area contributed by atoms with Crippen LogP contribution in [0.15, 0.2) is 49.6 Å². The van der Waals surface area contributed by atoms with Crippen molar-refractivity contribution in [2.45, 2.75) is 5.92 Å². The maximum absolute atomic E-state index is 4.53. The van der Waals surface area contributed by atoms with E-state index in [4.69, 9.17) is 0 Å². The van der Waals surface area contributed by atoms with E-state index < -0.39 is 0 Å². The number of aromatic nitrogens is 1. The van der Waals surface area contributed by atoms with Gasteiger partial charge < -0.3 is 0 Å². The third-order valence-corrected chi connectivity index (χ3v) is 3.24. The van der Waals surface area contributed by atoms with E-state index >= 15 is 0 Å². The van der Waals surface area contributed by atoms with Crippen molar-refractivity contribution in [2.75, 3.05) is 0 Å². The molecule has 0 N–H and O–H groups in total. The Morgan fingerprint density at radius 1 is 1.21 bits per heavy atom. The predicted octanol–water partition coefficient (Wildman–Crippen LogP) is 3.75. The quantitative estimate of drug-likeness (QED) is 0.689. The van der Waals surface area contributed by atoms with Crippen molar-refractivity contribution in [3.05, 3.63) is 54.6 Å². The first-order valence-corrected chi connectivity index (χ1v) is 5.27.